The Kier molecular flexibility index (Phi) is 10.2. The molecule has 0 amide bonds. The van der Waals surface area contributed by atoms with E-state index in [0.29, 0.717) is 17.9 Å². The summed E-state index contributed by atoms with van der Waals surface area (Å²) >= 11 is 0. The molecule has 0 radical (unpaired) electrons. The highest BCUT2D eigenvalue weighted by Gasteiger charge is 2.26. The van der Waals surface area contributed by atoms with E-state index < -0.39 is 6.18 Å². The van der Waals surface area contributed by atoms with Gasteiger partial charge in [0.2, 0.25) is 0 Å². The summed E-state index contributed by atoms with van der Waals surface area (Å²) in [4.78, 5) is 0. The molecule has 2 aliphatic carbocycles. The molecule has 3 rings (SSSR count). The number of hydrogen-bond acceptors (Lipinski definition) is 0. The number of allylic oxidation sites excluding steroid dienone is 2. The van der Waals surface area contributed by atoms with Crippen molar-refractivity contribution in [1.29, 1.82) is 0 Å². The van der Waals surface area contributed by atoms with Crippen LogP contribution in [0.15, 0.2) is 36.4 Å². The summed E-state index contributed by atoms with van der Waals surface area (Å²) in [5.74, 6) is 2.25. The van der Waals surface area contributed by atoms with Gasteiger partial charge in [0.05, 0.1) is 0 Å². The monoisotopic (exact) mass is 448 g/mol. The molecule has 0 N–H and O–H groups in total. The Labute approximate surface area is 194 Å². The van der Waals surface area contributed by atoms with E-state index in [9.17, 15) is 13.2 Å². The van der Waals surface area contributed by atoms with Gasteiger partial charge in [-0.3, -0.25) is 0 Å². The molecule has 0 spiro atoms. The van der Waals surface area contributed by atoms with Crippen LogP contribution in [0.4, 0.5) is 13.2 Å². The third-order valence-corrected chi connectivity index (χ3v) is 8.02. The molecule has 0 aromatic heterocycles. The SMILES string of the molecule is CCCCCCCCC1CCC(c2ccc(C3CCC(C=CC(F)(F)F)CC3)cc2)CC1. The second kappa shape index (κ2) is 12.8. The topological polar surface area (TPSA) is 0 Å². The Morgan fingerprint density at radius 2 is 1.22 bits per heavy atom. The third-order valence-electron chi connectivity index (χ3n) is 8.02. The Bertz CT molecular complexity index is 657. The molecule has 0 atom stereocenters. The zero-order valence-corrected chi connectivity index (χ0v) is 20.0. The number of rotatable bonds is 10. The van der Waals surface area contributed by atoms with Crippen LogP contribution in [0.3, 0.4) is 0 Å². The van der Waals surface area contributed by atoms with Crippen LogP contribution >= 0.6 is 0 Å². The smallest absolute Gasteiger partial charge is 0.167 e. The molecule has 0 bridgehead atoms. The summed E-state index contributed by atoms with van der Waals surface area (Å²) < 4.78 is 37.2. The van der Waals surface area contributed by atoms with Crippen molar-refractivity contribution < 1.29 is 13.2 Å². The van der Waals surface area contributed by atoms with Gasteiger partial charge in [-0.1, -0.05) is 82.2 Å². The first-order valence-corrected chi connectivity index (χ1v) is 13.3. The van der Waals surface area contributed by atoms with Crippen molar-refractivity contribution in [2.45, 2.75) is 121 Å². The molecule has 2 fully saturated rings. The van der Waals surface area contributed by atoms with Gasteiger partial charge in [-0.2, -0.15) is 13.2 Å². The molecular formula is C29H43F3. The number of benzene rings is 1. The van der Waals surface area contributed by atoms with Crippen molar-refractivity contribution in [3.8, 4) is 0 Å². The average molecular weight is 449 g/mol. The minimum atomic E-state index is -4.18. The summed E-state index contributed by atoms with van der Waals surface area (Å²) in [6.07, 6.45) is 16.6. The van der Waals surface area contributed by atoms with Gasteiger partial charge in [0.25, 0.3) is 0 Å². The lowest BCUT2D eigenvalue weighted by molar-refractivity contribution is -0.0803. The molecule has 0 aliphatic heterocycles. The Balaban J connectivity index is 1.37. The van der Waals surface area contributed by atoms with Crippen LogP contribution in [-0.2, 0) is 0 Å². The maximum Gasteiger partial charge on any atom is 0.409 e. The first-order valence-electron chi connectivity index (χ1n) is 13.3. The maximum atomic E-state index is 12.4. The Hall–Kier alpha value is -1.25. The Morgan fingerprint density at radius 1 is 0.719 bits per heavy atom. The molecular weight excluding hydrogens is 405 g/mol. The van der Waals surface area contributed by atoms with Gasteiger partial charge >= 0.3 is 6.18 Å². The number of hydrogen-bond donors (Lipinski definition) is 0. The molecule has 0 nitrogen and oxygen atoms in total. The van der Waals surface area contributed by atoms with Crippen molar-refractivity contribution >= 4 is 0 Å². The van der Waals surface area contributed by atoms with Crippen molar-refractivity contribution in [1.82, 2.24) is 0 Å². The zero-order valence-electron chi connectivity index (χ0n) is 20.0. The van der Waals surface area contributed by atoms with E-state index >= 15 is 0 Å². The molecule has 180 valence electrons. The minimum Gasteiger partial charge on any atom is -0.167 e. The summed E-state index contributed by atoms with van der Waals surface area (Å²) in [5, 5.41) is 0. The van der Waals surface area contributed by atoms with Gasteiger partial charge in [-0.25, -0.2) is 0 Å². The molecule has 2 saturated carbocycles. The largest absolute Gasteiger partial charge is 0.409 e. The van der Waals surface area contributed by atoms with Crippen molar-refractivity contribution in [3.05, 3.63) is 47.5 Å². The van der Waals surface area contributed by atoms with Crippen LogP contribution in [0.25, 0.3) is 0 Å². The van der Waals surface area contributed by atoms with Crippen LogP contribution in [0.5, 0.6) is 0 Å². The van der Waals surface area contributed by atoms with Crippen LogP contribution in [-0.4, -0.2) is 6.18 Å². The lowest BCUT2D eigenvalue weighted by Crippen LogP contribution is -2.14. The fourth-order valence-electron chi connectivity index (χ4n) is 5.93. The van der Waals surface area contributed by atoms with E-state index in [1.54, 1.807) is 0 Å². The predicted molar refractivity (Wildman–Crippen MR) is 129 cm³/mol. The van der Waals surface area contributed by atoms with E-state index in [1.807, 2.05) is 0 Å². The van der Waals surface area contributed by atoms with Gasteiger partial charge in [0.1, 0.15) is 0 Å². The standard InChI is InChI=1S/C29H43F3/c1-2-3-4-5-6-7-8-23-9-13-25(14-10-23)27-17-19-28(20-18-27)26-15-11-24(12-16-26)21-22-29(30,31)32/h17-26H,2-16H2,1H3. The van der Waals surface area contributed by atoms with Gasteiger partial charge in [-0.05, 0) is 86.2 Å². The highest BCUT2D eigenvalue weighted by molar-refractivity contribution is 5.28. The fraction of sp³-hybridized carbons (Fsp3) is 0.724. The quantitative estimate of drug-likeness (QED) is 0.247. The molecule has 1 aromatic rings. The van der Waals surface area contributed by atoms with Crippen LogP contribution in [0, 0.1) is 11.8 Å². The predicted octanol–water partition coefficient (Wildman–Crippen LogP) is 10.1. The third kappa shape index (κ3) is 8.60. The van der Waals surface area contributed by atoms with Gasteiger partial charge in [0, 0.05) is 6.08 Å². The molecule has 3 heteroatoms. The zero-order chi connectivity index (χ0) is 22.8. The van der Waals surface area contributed by atoms with Gasteiger partial charge in [0.15, 0.2) is 0 Å². The lowest BCUT2D eigenvalue weighted by Gasteiger charge is -2.30. The normalized spacial score (nSPS) is 27.1. The summed E-state index contributed by atoms with van der Waals surface area (Å²) in [6.45, 7) is 2.28. The van der Waals surface area contributed by atoms with Crippen molar-refractivity contribution in [3.63, 3.8) is 0 Å². The first-order chi connectivity index (χ1) is 15.4. The van der Waals surface area contributed by atoms with E-state index in [-0.39, 0.29) is 5.92 Å². The van der Waals surface area contributed by atoms with E-state index in [1.165, 1.54) is 87.8 Å². The van der Waals surface area contributed by atoms with Gasteiger partial charge in [-0.15, -0.1) is 0 Å². The molecule has 1 aromatic carbocycles. The van der Waals surface area contributed by atoms with Crippen LogP contribution < -0.4 is 0 Å². The fourth-order valence-corrected chi connectivity index (χ4v) is 5.93. The number of unbranched alkanes of at least 4 members (excludes halogenated alkanes) is 5. The number of halogens is 3. The summed E-state index contributed by atoms with van der Waals surface area (Å²) in [6, 6.07) is 9.27. The first kappa shape index (κ1) is 25.4. The van der Waals surface area contributed by atoms with Gasteiger partial charge < -0.3 is 0 Å². The maximum absolute atomic E-state index is 12.4. The van der Waals surface area contributed by atoms with E-state index in [4.69, 9.17) is 0 Å². The molecule has 0 heterocycles. The minimum absolute atomic E-state index is 0.0821. The van der Waals surface area contributed by atoms with E-state index in [0.717, 1.165) is 31.6 Å². The highest BCUT2D eigenvalue weighted by atomic mass is 19.4. The molecule has 32 heavy (non-hydrogen) atoms. The molecule has 2 aliphatic rings. The van der Waals surface area contributed by atoms with Crippen molar-refractivity contribution in [2.24, 2.45) is 11.8 Å². The van der Waals surface area contributed by atoms with Crippen LogP contribution in [0.2, 0.25) is 0 Å². The second-order valence-corrected chi connectivity index (χ2v) is 10.5. The van der Waals surface area contributed by atoms with E-state index in [2.05, 4.69) is 31.2 Å². The number of alkyl halides is 3. The molecule has 0 unspecified atom stereocenters. The second-order valence-electron chi connectivity index (χ2n) is 10.5. The van der Waals surface area contributed by atoms with Crippen molar-refractivity contribution in [2.75, 3.05) is 0 Å². The average Bonchev–Trinajstić information content (AvgIpc) is 2.80. The van der Waals surface area contributed by atoms with Crippen LogP contribution in [0.1, 0.15) is 126 Å². The highest BCUT2D eigenvalue weighted by Crippen LogP contribution is 2.40. The summed E-state index contributed by atoms with van der Waals surface area (Å²) in [5.41, 5.74) is 2.87. The Morgan fingerprint density at radius 3 is 1.75 bits per heavy atom. The molecule has 0 saturated heterocycles. The lowest BCUT2D eigenvalue weighted by atomic mass is 9.75. The summed E-state index contributed by atoms with van der Waals surface area (Å²) in [7, 11) is 0.